The van der Waals surface area contributed by atoms with Crippen molar-refractivity contribution in [3.8, 4) is 0 Å². The molecule has 4 heteroatoms. The summed E-state index contributed by atoms with van der Waals surface area (Å²) in [6.07, 6.45) is 2.99. The summed E-state index contributed by atoms with van der Waals surface area (Å²) < 4.78 is 0. The molecule has 19 heavy (non-hydrogen) atoms. The van der Waals surface area contributed by atoms with Crippen LogP contribution in [0, 0.1) is 11.8 Å². The minimum Gasteiger partial charge on any atom is -0.373 e. The standard InChI is InChI=1S/C15H26N4/c1-10(2)13-14(16-5)17-9-18-15(13)19-7-11(3)6-12(4)8-19/h9-12H,6-8H2,1-5H3,(H,16,17,18). The van der Waals surface area contributed by atoms with Crippen LogP contribution in [-0.4, -0.2) is 30.1 Å². The van der Waals surface area contributed by atoms with E-state index in [1.807, 2.05) is 7.05 Å². The first-order chi connectivity index (χ1) is 9.02. The topological polar surface area (TPSA) is 41.1 Å². The van der Waals surface area contributed by atoms with Crippen molar-refractivity contribution in [1.82, 2.24) is 9.97 Å². The van der Waals surface area contributed by atoms with E-state index in [-0.39, 0.29) is 0 Å². The van der Waals surface area contributed by atoms with Gasteiger partial charge in [0.25, 0.3) is 0 Å². The van der Waals surface area contributed by atoms with E-state index in [0.29, 0.717) is 5.92 Å². The van der Waals surface area contributed by atoms with Gasteiger partial charge in [-0.25, -0.2) is 9.97 Å². The number of anilines is 2. The van der Waals surface area contributed by atoms with Gasteiger partial charge in [-0.15, -0.1) is 0 Å². The van der Waals surface area contributed by atoms with E-state index in [9.17, 15) is 0 Å². The SMILES string of the molecule is CNc1ncnc(N2CC(C)CC(C)C2)c1C(C)C. The largest absolute Gasteiger partial charge is 0.373 e. The number of nitrogens with zero attached hydrogens (tertiary/aromatic N) is 3. The fraction of sp³-hybridized carbons (Fsp3) is 0.733. The summed E-state index contributed by atoms with van der Waals surface area (Å²) in [5.74, 6) is 3.97. The molecule has 0 amide bonds. The molecule has 2 atom stereocenters. The maximum absolute atomic E-state index is 4.58. The summed E-state index contributed by atoms with van der Waals surface area (Å²) in [7, 11) is 1.93. The fourth-order valence-corrected chi connectivity index (χ4v) is 3.21. The highest BCUT2D eigenvalue weighted by atomic mass is 15.2. The van der Waals surface area contributed by atoms with E-state index >= 15 is 0 Å². The Morgan fingerprint density at radius 2 is 1.84 bits per heavy atom. The number of hydrogen-bond donors (Lipinski definition) is 1. The molecule has 1 fully saturated rings. The van der Waals surface area contributed by atoms with Crippen molar-refractivity contribution in [3.05, 3.63) is 11.9 Å². The minimum absolute atomic E-state index is 0.422. The van der Waals surface area contributed by atoms with Crippen LogP contribution in [0.15, 0.2) is 6.33 Å². The van der Waals surface area contributed by atoms with Crippen LogP contribution in [0.4, 0.5) is 11.6 Å². The summed E-state index contributed by atoms with van der Waals surface area (Å²) >= 11 is 0. The molecule has 2 heterocycles. The van der Waals surface area contributed by atoms with E-state index in [2.05, 4.69) is 47.9 Å². The van der Waals surface area contributed by atoms with Crippen LogP contribution in [0.3, 0.4) is 0 Å². The van der Waals surface area contributed by atoms with Crippen molar-refractivity contribution in [2.45, 2.75) is 40.0 Å². The number of hydrogen-bond acceptors (Lipinski definition) is 4. The van der Waals surface area contributed by atoms with E-state index in [0.717, 1.165) is 36.6 Å². The Balaban J connectivity index is 2.38. The number of nitrogens with one attached hydrogen (secondary N) is 1. The Bertz CT molecular complexity index is 420. The van der Waals surface area contributed by atoms with Crippen molar-refractivity contribution in [2.24, 2.45) is 11.8 Å². The summed E-state index contributed by atoms with van der Waals surface area (Å²) in [5, 5.41) is 3.20. The van der Waals surface area contributed by atoms with E-state index in [1.54, 1.807) is 6.33 Å². The van der Waals surface area contributed by atoms with E-state index in [4.69, 9.17) is 0 Å². The zero-order valence-corrected chi connectivity index (χ0v) is 12.8. The Labute approximate surface area is 116 Å². The molecule has 1 aliphatic rings. The van der Waals surface area contributed by atoms with Crippen LogP contribution in [0.5, 0.6) is 0 Å². The molecule has 2 unspecified atom stereocenters. The lowest BCUT2D eigenvalue weighted by Crippen LogP contribution is -2.40. The molecule has 0 spiro atoms. The summed E-state index contributed by atoms with van der Waals surface area (Å²) in [6, 6.07) is 0. The Hall–Kier alpha value is -1.32. The van der Waals surface area contributed by atoms with Crippen molar-refractivity contribution in [1.29, 1.82) is 0 Å². The predicted molar refractivity (Wildman–Crippen MR) is 80.8 cm³/mol. The number of aromatic nitrogens is 2. The van der Waals surface area contributed by atoms with Crippen LogP contribution >= 0.6 is 0 Å². The molecule has 0 bridgehead atoms. The Kier molecular flexibility index (Phi) is 4.27. The second-order valence-corrected chi connectivity index (χ2v) is 6.22. The van der Waals surface area contributed by atoms with Crippen molar-refractivity contribution in [2.75, 3.05) is 30.4 Å². The molecule has 1 aromatic heterocycles. The Morgan fingerprint density at radius 1 is 1.21 bits per heavy atom. The quantitative estimate of drug-likeness (QED) is 0.908. The number of piperidine rings is 1. The zero-order chi connectivity index (χ0) is 14.0. The van der Waals surface area contributed by atoms with Crippen LogP contribution in [0.25, 0.3) is 0 Å². The second kappa shape index (κ2) is 5.76. The molecule has 1 aromatic rings. The average molecular weight is 262 g/mol. The average Bonchev–Trinajstić information content (AvgIpc) is 2.36. The van der Waals surface area contributed by atoms with Crippen LogP contribution in [-0.2, 0) is 0 Å². The monoisotopic (exact) mass is 262 g/mol. The first kappa shape index (κ1) is 14.1. The van der Waals surface area contributed by atoms with Crippen molar-refractivity contribution >= 4 is 11.6 Å². The molecular weight excluding hydrogens is 236 g/mol. The molecule has 1 saturated heterocycles. The van der Waals surface area contributed by atoms with Gasteiger partial charge in [-0.2, -0.15) is 0 Å². The van der Waals surface area contributed by atoms with Gasteiger partial charge in [0.2, 0.25) is 0 Å². The fourth-order valence-electron chi connectivity index (χ4n) is 3.21. The van der Waals surface area contributed by atoms with Crippen LogP contribution in [0.2, 0.25) is 0 Å². The second-order valence-electron chi connectivity index (χ2n) is 6.22. The molecule has 0 saturated carbocycles. The van der Waals surface area contributed by atoms with Gasteiger partial charge in [-0.05, 0) is 24.2 Å². The molecule has 0 aromatic carbocycles. The summed E-state index contributed by atoms with van der Waals surface area (Å²) in [4.78, 5) is 11.4. The Morgan fingerprint density at radius 3 is 2.37 bits per heavy atom. The lowest BCUT2D eigenvalue weighted by atomic mass is 9.91. The lowest BCUT2D eigenvalue weighted by Gasteiger charge is -2.37. The molecule has 4 nitrogen and oxygen atoms in total. The van der Waals surface area contributed by atoms with Gasteiger partial charge in [0, 0.05) is 25.7 Å². The first-order valence-electron chi connectivity index (χ1n) is 7.30. The molecule has 1 aliphatic heterocycles. The highest BCUT2D eigenvalue weighted by Crippen LogP contribution is 2.33. The normalized spacial score (nSPS) is 23.8. The third-order valence-corrected chi connectivity index (χ3v) is 3.85. The lowest BCUT2D eigenvalue weighted by molar-refractivity contribution is 0.354. The van der Waals surface area contributed by atoms with Gasteiger partial charge >= 0.3 is 0 Å². The van der Waals surface area contributed by atoms with Gasteiger partial charge in [-0.1, -0.05) is 27.7 Å². The predicted octanol–water partition coefficient (Wildman–Crippen LogP) is 3.12. The maximum atomic E-state index is 4.58. The van der Waals surface area contributed by atoms with Crippen LogP contribution in [0.1, 0.15) is 45.6 Å². The van der Waals surface area contributed by atoms with Gasteiger partial charge in [-0.3, -0.25) is 0 Å². The molecule has 2 rings (SSSR count). The first-order valence-corrected chi connectivity index (χ1v) is 7.30. The van der Waals surface area contributed by atoms with E-state index in [1.165, 1.54) is 12.0 Å². The van der Waals surface area contributed by atoms with E-state index < -0.39 is 0 Å². The molecule has 0 aliphatic carbocycles. The molecule has 0 radical (unpaired) electrons. The third kappa shape index (κ3) is 2.99. The summed E-state index contributed by atoms with van der Waals surface area (Å²) in [6.45, 7) is 11.3. The third-order valence-electron chi connectivity index (χ3n) is 3.85. The van der Waals surface area contributed by atoms with Gasteiger partial charge < -0.3 is 10.2 Å². The van der Waals surface area contributed by atoms with Crippen molar-refractivity contribution < 1.29 is 0 Å². The van der Waals surface area contributed by atoms with Crippen molar-refractivity contribution in [3.63, 3.8) is 0 Å². The highest BCUT2D eigenvalue weighted by Gasteiger charge is 2.26. The summed E-state index contributed by atoms with van der Waals surface area (Å²) in [5.41, 5.74) is 1.24. The molecular formula is C15H26N4. The zero-order valence-electron chi connectivity index (χ0n) is 12.8. The molecule has 106 valence electrons. The van der Waals surface area contributed by atoms with Gasteiger partial charge in [0.05, 0.1) is 0 Å². The molecule has 1 N–H and O–H groups in total. The van der Waals surface area contributed by atoms with Gasteiger partial charge in [0.1, 0.15) is 18.0 Å². The minimum atomic E-state index is 0.422. The maximum Gasteiger partial charge on any atom is 0.137 e. The number of rotatable bonds is 3. The smallest absolute Gasteiger partial charge is 0.137 e. The van der Waals surface area contributed by atoms with Gasteiger partial charge in [0.15, 0.2) is 0 Å². The van der Waals surface area contributed by atoms with Crippen LogP contribution < -0.4 is 10.2 Å². The highest BCUT2D eigenvalue weighted by molar-refractivity contribution is 5.60.